The SMILES string of the molecule is CCOCCOc1ccc2cc(Oc3ccc(CC(=O)Nc4ccccc4C)cc3)ccc2c1. The Morgan fingerprint density at radius 2 is 1.47 bits per heavy atom. The number of rotatable bonds is 10. The molecule has 0 unspecified atom stereocenters. The van der Waals surface area contributed by atoms with Crippen LogP contribution in [0, 0.1) is 6.92 Å². The second-order valence-electron chi connectivity index (χ2n) is 8.00. The molecule has 4 aromatic rings. The number of carbonyl (C=O) groups excluding carboxylic acids is 1. The standard InChI is InChI=1S/C29H29NO4/c1-3-32-16-17-33-26-14-10-24-20-27(15-11-23(24)19-26)34-25-12-8-22(9-13-25)18-29(31)30-28-7-5-4-6-21(28)2/h4-15,19-20H,3,16-18H2,1-2H3,(H,30,31). The topological polar surface area (TPSA) is 56.8 Å². The van der Waals surface area contributed by atoms with Crippen molar-refractivity contribution >= 4 is 22.4 Å². The van der Waals surface area contributed by atoms with E-state index in [9.17, 15) is 4.79 Å². The van der Waals surface area contributed by atoms with Gasteiger partial charge < -0.3 is 19.5 Å². The molecular weight excluding hydrogens is 426 g/mol. The van der Waals surface area contributed by atoms with Gasteiger partial charge in [0.25, 0.3) is 0 Å². The normalized spacial score (nSPS) is 10.8. The predicted molar refractivity (Wildman–Crippen MR) is 136 cm³/mol. The van der Waals surface area contributed by atoms with E-state index in [4.69, 9.17) is 14.2 Å². The summed E-state index contributed by atoms with van der Waals surface area (Å²) >= 11 is 0. The van der Waals surface area contributed by atoms with Crippen LogP contribution in [0.4, 0.5) is 5.69 Å². The highest BCUT2D eigenvalue weighted by atomic mass is 16.5. The molecule has 4 rings (SSSR count). The lowest BCUT2D eigenvalue weighted by Gasteiger charge is -2.10. The summed E-state index contributed by atoms with van der Waals surface area (Å²) in [4.78, 5) is 12.4. The molecule has 0 bridgehead atoms. The van der Waals surface area contributed by atoms with Gasteiger partial charge in [-0.2, -0.15) is 0 Å². The number of anilines is 1. The molecule has 0 spiro atoms. The van der Waals surface area contributed by atoms with Gasteiger partial charge in [0.15, 0.2) is 0 Å². The Balaban J connectivity index is 1.34. The Morgan fingerprint density at radius 3 is 2.21 bits per heavy atom. The Kier molecular flexibility index (Phi) is 7.79. The number of nitrogens with one attached hydrogen (secondary N) is 1. The van der Waals surface area contributed by atoms with Crippen molar-refractivity contribution in [2.24, 2.45) is 0 Å². The van der Waals surface area contributed by atoms with Crippen molar-refractivity contribution in [1.82, 2.24) is 0 Å². The minimum absolute atomic E-state index is 0.0428. The van der Waals surface area contributed by atoms with E-state index in [1.54, 1.807) is 0 Å². The molecule has 0 aliphatic carbocycles. The van der Waals surface area contributed by atoms with Crippen molar-refractivity contribution in [2.75, 3.05) is 25.1 Å². The van der Waals surface area contributed by atoms with Crippen molar-refractivity contribution in [1.29, 1.82) is 0 Å². The average Bonchev–Trinajstić information content (AvgIpc) is 2.84. The largest absolute Gasteiger partial charge is 0.491 e. The molecule has 34 heavy (non-hydrogen) atoms. The van der Waals surface area contributed by atoms with Gasteiger partial charge in [0.1, 0.15) is 23.9 Å². The summed E-state index contributed by atoms with van der Waals surface area (Å²) in [5.74, 6) is 2.25. The van der Waals surface area contributed by atoms with Gasteiger partial charge in [0, 0.05) is 12.3 Å². The monoisotopic (exact) mass is 455 g/mol. The van der Waals surface area contributed by atoms with Gasteiger partial charge in [0.2, 0.25) is 5.91 Å². The molecule has 0 aliphatic rings. The van der Waals surface area contributed by atoms with E-state index in [0.29, 0.717) is 26.2 Å². The zero-order valence-corrected chi connectivity index (χ0v) is 19.5. The van der Waals surface area contributed by atoms with Gasteiger partial charge in [0.05, 0.1) is 13.0 Å². The zero-order valence-electron chi connectivity index (χ0n) is 19.5. The summed E-state index contributed by atoms with van der Waals surface area (Å²) in [6, 6.07) is 27.3. The molecule has 4 aromatic carbocycles. The molecule has 0 atom stereocenters. The van der Waals surface area contributed by atoms with Gasteiger partial charge in [-0.05, 0) is 78.2 Å². The highest BCUT2D eigenvalue weighted by Crippen LogP contribution is 2.28. The van der Waals surface area contributed by atoms with Crippen LogP contribution >= 0.6 is 0 Å². The van der Waals surface area contributed by atoms with E-state index >= 15 is 0 Å². The Bertz CT molecular complexity index is 1250. The zero-order chi connectivity index (χ0) is 23.8. The number of fused-ring (bicyclic) bond motifs is 1. The number of hydrogen-bond acceptors (Lipinski definition) is 4. The lowest BCUT2D eigenvalue weighted by molar-refractivity contribution is -0.115. The smallest absolute Gasteiger partial charge is 0.228 e. The van der Waals surface area contributed by atoms with Gasteiger partial charge in [-0.15, -0.1) is 0 Å². The summed E-state index contributed by atoms with van der Waals surface area (Å²) in [6.07, 6.45) is 0.305. The molecule has 0 fully saturated rings. The van der Waals surface area contributed by atoms with Crippen molar-refractivity contribution < 1.29 is 19.0 Å². The molecule has 0 aliphatic heterocycles. The first-order valence-corrected chi connectivity index (χ1v) is 11.5. The lowest BCUT2D eigenvalue weighted by atomic mass is 10.1. The second kappa shape index (κ2) is 11.3. The number of aryl methyl sites for hydroxylation is 1. The third-order valence-electron chi connectivity index (χ3n) is 5.43. The first-order chi connectivity index (χ1) is 16.6. The van der Waals surface area contributed by atoms with Gasteiger partial charge in [-0.25, -0.2) is 0 Å². The fraction of sp³-hybridized carbons (Fsp3) is 0.207. The molecule has 1 N–H and O–H groups in total. The van der Waals surface area contributed by atoms with E-state index in [1.165, 1.54) is 0 Å². The first-order valence-electron chi connectivity index (χ1n) is 11.5. The van der Waals surface area contributed by atoms with E-state index in [0.717, 1.165) is 44.8 Å². The van der Waals surface area contributed by atoms with E-state index in [-0.39, 0.29) is 5.91 Å². The molecule has 0 saturated heterocycles. The van der Waals surface area contributed by atoms with Crippen LogP contribution in [0.25, 0.3) is 10.8 Å². The highest BCUT2D eigenvalue weighted by molar-refractivity contribution is 5.93. The fourth-order valence-corrected chi connectivity index (χ4v) is 3.62. The summed E-state index contributed by atoms with van der Waals surface area (Å²) in [5, 5.41) is 5.11. The molecule has 0 saturated carbocycles. The highest BCUT2D eigenvalue weighted by Gasteiger charge is 2.07. The van der Waals surface area contributed by atoms with E-state index < -0.39 is 0 Å². The summed E-state index contributed by atoms with van der Waals surface area (Å²) in [6.45, 7) is 5.75. The molecule has 5 nitrogen and oxygen atoms in total. The molecule has 0 aromatic heterocycles. The Labute approximate surface area is 200 Å². The van der Waals surface area contributed by atoms with Crippen LogP contribution in [0.2, 0.25) is 0 Å². The minimum Gasteiger partial charge on any atom is -0.491 e. The molecule has 0 heterocycles. The Hall–Kier alpha value is -3.83. The van der Waals surface area contributed by atoms with Crippen LogP contribution in [0.5, 0.6) is 17.2 Å². The number of para-hydroxylation sites is 1. The van der Waals surface area contributed by atoms with Crippen LogP contribution in [0.15, 0.2) is 84.9 Å². The maximum atomic E-state index is 12.4. The molecule has 0 radical (unpaired) electrons. The van der Waals surface area contributed by atoms with Crippen molar-refractivity contribution in [2.45, 2.75) is 20.3 Å². The van der Waals surface area contributed by atoms with E-state index in [1.807, 2.05) is 98.8 Å². The third kappa shape index (κ3) is 6.36. The van der Waals surface area contributed by atoms with Crippen LogP contribution in [0.3, 0.4) is 0 Å². The second-order valence-corrected chi connectivity index (χ2v) is 8.00. The van der Waals surface area contributed by atoms with Crippen molar-refractivity contribution in [3.8, 4) is 17.2 Å². The quantitative estimate of drug-likeness (QED) is 0.276. The van der Waals surface area contributed by atoms with Crippen molar-refractivity contribution in [3.05, 3.63) is 96.1 Å². The van der Waals surface area contributed by atoms with Crippen LogP contribution in [-0.2, 0) is 16.0 Å². The number of benzene rings is 4. The van der Waals surface area contributed by atoms with Gasteiger partial charge in [-0.1, -0.05) is 42.5 Å². The predicted octanol–water partition coefficient (Wildman–Crippen LogP) is 6.54. The van der Waals surface area contributed by atoms with Crippen LogP contribution in [0.1, 0.15) is 18.1 Å². The van der Waals surface area contributed by atoms with Crippen LogP contribution in [-0.4, -0.2) is 25.7 Å². The maximum absolute atomic E-state index is 12.4. The molecular formula is C29H29NO4. The maximum Gasteiger partial charge on any atom is 0.228 e. The number of hydrogen-bond donors (Lipinski definition) is 1. The van der Waals surface area contributed by atoms with E-state index in [2.05, 4.69) is 5.32 Å². The number of ether oxygens (including phenoxy) is 3. The first kappa shape index (κ1) is 23.3. The summed E-state index contributed by atoms with van der Waals surface area (Å²) in [7, 11) is 0. The Morgan fingerprint density at radius 1 is 0.794 bits per heavy atom. The van der Waals surface area contributed by atoms with Gasteiger partial charge in [-0.3, -0.25) is 4.79 Å². The van der Waals surface area contributed by atoms with Crippen molar-refractivity contribution in [3.63, 3.8) is 0 Å². The molecule has 174 valence electrons. The lowest BCUT2D eigenvalue weighted by Crippen LogP contribution is -2.15. The molecule has 1 amide bonds. The minimum atomic E-state index is -0.0428. The average molecular weight is 456 g/mol. The third-order valence-corrected chi connectivity index (χ3v) is 5.43. The van der Waals surface area contributed by atoms with Crippen LogP contribution < -0.4 is 14.8 Å². The van der Waals surface area contributed by atoms with Gasteiger partial charge >= 0.3 is 0 Å². The summed E-state index contributed by atoms with van der Waals surface area (Å²) < 4.78 is 17.1. The molecule has 5 heteroatoms. The fourth-order valence-electron chi connectivity index (χ4n) is 3.62. The number of carbonyl (C=O) groups is 1. The number of amides is 1. The summed E-state index contributed by atoms with van der Waals surface area (Å²) in [5.41, 5.74) is 2.81.